The van der Waals surface area contributed by atoms with E-state index in [1.807, 2.05) is 25.1 Å². The maximum atomic E-state index is 12.3. The second-order valence-electron chi connectivity index (χ2n) is 5.77. The summed E-state index contributed by atoms with van der Waals surface area (Å²) in [6.07, 6.45) is -0.377. The molecular weight excluding hydrogens is 334 g/mol. The summed E-state index contributed by atoms with van der Waals surface area (Å²) in [6, 6.07) is 14.6. The van der Waals surface area contributed by atoms with Crippen molar-refractivity contribution in [3.8, 4) is 0 Å². The van der Waals surface area contributed by atoms with Gasteiger partial charge in [-0.3, -0.25) is 4.79 Å². The second kappa shape index (κ2) is 9.36. The third-order valence-corrected chi connectivity index (χ3v) is 3.88. The Kier molecular flexibility index (Phi) is 6.91. The van der Waals surface area contributed by atoms with Gasteiger partial charge in [-0.05, 0) is 17.5 Å². The van der Waals surface area contributed by atoms with Crippen LogP contribution >= 0.6 is 0 Å². The van der Waals surface area contributed by atoms with Crippen molar-refractivity contribution in [2.75, 3.05) is 0 Å². The number of aliphatic carboxylic acids is 1. The SMILES string of the molecule is CCc1ccc(C(=O)CC(NC(=O)OCc2ccccc2)C(=O)O)cc1. The van der Waals surface area contributed by atoms with E-state index in [0.717, 1.165) is 17.5 Å². The highest BCUT2D eigenvalue weighted by atomic mass is 16.5. The molecule has 6 heteroatoms. The average molecular weight is 355 g/mol. The fourth-order valence-corrected chi connectivity index (χ4v) is 2.34. The topological polar surface area (TPSA) is 92.7 Å². The van der Waals surface area contributed by atoms with Crippen LogP contribution < -0.4 is 5.32 Å². The number of ether oxygens (including phenoxy) is 1. The van der Waals surface area contributed by atoms with Gasteiger partial charge in [0.05, 0.1) is 0 Å². The normalized spacial score (nSPS) is 11.4. The van der Waals surface area contributed by atoms with Crippen molar-refractivity contribution in [1.29, 1.82) is 0 Å². The molecule has 0 fully saturated rings. The van der Waals surface area contributed by atoms with E-state index in [2.05, 4.69) is 5.32 Å². The molecule has 1 atom stereocenters. The van der Waals surface area contributed by atoms with Crippen molar-refractivity contribution in [3.63, 3.8) is 0 Å². The Morgan fingerprint density at radius 3 is 2.23 bits per heavy atom. The minimum Gasteiger partial charge on any atom is -0.480 e. The van der Waals surface area contributed by atoms with E-state index in [4.69, 9.17) is 4.74 Å². The van der Waals surface area contributed by atoms with Gasteiger partial charge in [-0.2, -0.15) is 0 Å². The van der Waals surface area contributed by atoms with Gasteiger partial charge < -0.3 is 15.2 Å². The lowest BCUT2D eigenvalue weighted by atomic mass is 10.0. The Morgan fingerprint density at radius 2 is 1.65 bits per heavy atom. The van der Waals surface area contributed by atoms with Crippen LogP contribution in [0.15, 0.2) is 54.6 Å². The zero-order chi connectivity index (χ0) is 18.9. The highest BCUT2D eigenvalue weighted by molar-refractivity contribution is 5.99. The van der Waals surface area contributed by atoms with Gasteiger partial charge in [0.15, 0.2) is 5.78 Å². The van der Waals surface area contributed by atoms with Crippen molar-refractivity contribution in [1.82, 2.24) is 5.32 Å². The number of alkyl carbamates (subject to hydrolysis) is 1. The number of carbonyl (C=O) groups excluding carboxylic acids is 2. The average Bonchev–Trinajstić information content (AvgIpc) is 2.66. The summed E-state index contributed by atoms with van der Waals surface area (Å²) < 4.78 is 5.00. The van der Waals surface area contributed by atoms with E-state index in [1.54, 1.807) is 36.4 Å². The van der Waals surface area contributed by atoms with Crippen LogP contribution in [-0.2, 0) is 22.6 Å². The molecule has 2 rings (SSSR count). The first kappa shape index (κ1) is 19.2. The smallest absolute Gasteiger partial charge is 0.408 e. The Labute approximate surface area is 151 Å². The largest absolute Gasteiger partial charge is 0.480 e. The predicted molar refractivity (Wildman–Crippen MR) is 96.0 cm³/mol. The molecule has 1 amide bonds. The van der Waals surface area contributed by atoms with Crippen LogP contribution in [0.25, 0.3) is 0 Å². The van der Waals surface area contributed by atoms with E-state index in [9.17, 15) is 19.5 Å². The fraction of sp³-hybridized carbons (Fsp3) is 0.250. The highest BCUT2D eigenvalue weighted by Crippen LogP contribution is 2.10. The summed E-state index contributed by atoms with van der Waals surface area (Å²) in [5.41, 5.74) is 2.27. The molecular formula is C20H21NO5. The Hall–Kier alpha value is -3.15. The van der Waals surface area contributed by atoms with E-state index in [0.29, 0.717) is 5.56 Å². The van der Waals surface area contributed by atoms with Crippen molar-refractivity contribution < 1.29 is 24.2 Å². The minimum absolute atomic E-state index is 0.0193. The van der Waals surface area contributed by atoms with E-state index >= 15 is 0 Å². The number of carbonyl (C=O) groups is 3. The molecule has 2 aromatic carbocycles. The first-order valence-corrected chi connectivity index (χ1v) is 8.31. The van der Waals surface area contributed by atoms with Crippen molar-refractivity contribution in [2.45, 2.75) is 32.4 Å². The van der Waals surface area contributed by atoms with Gasteiger partial charge in [-0.25, -0.2) is 9.59 Å². The van der Waals surface area contributed by atoms with Crippen molar-refractivity contribution in [3.05, 3.63) is 71.3 Å². The number of aryl methyl sites for hydroxylation is 1. The molecule has 26 heavy (non-hydrogen) atoms. The number of nitrogens with one attached hydrogen (secondary N) is 1. The Morgan fingerprint density at radius 1 is 1.00 bits per heavy atom. The fourth-order valence-electron chi connectivity index (χ4n) is 2.34. The lowest BCUT2D eigenvalue weighted by Gasteiger charge is -2.14. The molecule has 0 aliphatic rings. The number of rotatable bonds is 8. The standard InChI is InChI=1S/C20H21NO5/c1-2-14-8-10-16(11-9-14)18(22)12-17(19(23)24)21-20(25)26-13-15-6-4-3-5-7-15/h3-11,17H,2,12-13H2,1H3,(H,21,25)(H,23,24). The molecule has 0 radical (unpaired) electrons. The number of carboxylic acid groups (broad SMARTS) is 1. The molecule has 2 N–H and O–H groups in total. The van der Waals surface area contributed by atoms with Crippen LogP contribution in [0.2, 0.25) is 0 Å². The van der Waals surface area contributed by atoms with Crippen LogP contribution in [-0.4, -0.2) is 29.0 Å². The van der Waals surface area contributed by atoms with Crippen LogP contribution in [0, 0.1) is 0 Å². The predicted octanol–water partition coefficient (Wildman–Crippen LogP) is 3.20. The third kappa shape index (κ3) is 5.73. The molecule has 0 saturated heterocycles. The summed E-state index contributed by atoms with van der Waals surface area (Å²) in [5, 5.41) is 11.5. The first-order valence-electron chi connectivity index (χ1n) is 8.31. The molecule has 136 valence electrons. The van der Waals surface area contributed by atoms with Gasteiger partial charge in [0.2, 0.25) is 0 Å². The summed E-state index contributed by atoms with van der Waals surface area (Å²) in [6.45, 7) is 2.02. The molecule has 2 aromatic rings. The monoisotopic (exact) mass is 355 g/mol. The van der Waals surface area contributed by atoms with Gasteiger partial charge in [-0.15, -0.1) is 0 Å². The highest BCUT2D eigenvalue weighted by Gasteiger charge is 2.24. The number of Topliss-reactive ketones (excluding diaryl/α,β-unsaturated/α-hetero) is 1. The summed E-state index contributed by atoms with van der Waals surface area (Å²) >= 11 is 0. The first-order chi connectivity index (χ1) is 12.5. The number of carboxylic acids is 1. The Bertz CT molecular complexity index is 756. The number of hydrogen-bond donors (Lipinski definition) is 2. The zero-order valence-electron chi connectivity index (χ0n) is 14.5. The molecule has 6 nitrogen and oxygen atoms in total. The maximum Gasteiger partial charge on any atom is 0.408 e. The van der Waals surface area contributed by atoms with Gasteiger partial charge >= 0.3 is 12.1 Å². The van der Waals surface area contributed by atoms with Gasteiger partial charge in [0.25, 0.3) is 0 Å². The van der Waals surface area contributed by atoms with E-state index < -0.39 is 18.1 Å². The third-order valence-electron chi connectivity index (χ3n) is 3.88. The molecule has 0 aromatic heterocycles. The summed E-state index contributed by atoms with van der Waals surface area (Å²) in [7, 11) is 0. The minimum atomic E-state index is -1.35. The molecule has 0 saturated carbocycles. The molecule has 0 aliphatic carbocycles. The number of benzene rings is 2. The van der Waals surface area contributed by atoms with Crippen molar-refractivity contribution in [2.24, 2.45) is 0 Å². The zero-order valence-corrected chi connectivity index (χ0v) is 14.5. The van der Waals surface area contributed by atoms with E-state index in [1.165, 1.54) is 0 Å². The van der Waals surface area contributed by atoms with E-state index in [-0.39, 0.29) is 18.8 Å². The summed E-state index contributed by atoms with van der Waals surface area (Å²) in [4.78, 5) is 35.4. The second-order valence-corrected chi connectivity index (χ2v) is 5.77. The Balaban J connectivity index is 1.91. The van der Waals surface area contributed by atoms with Crippen molar-refractivity contribution >= 4 is 17.8 Å². The number of amides is 1. The van der Waals surface area contributed by atoms with Gasteiger partial charge in [-0.1, -0.05) is 61.5 Å². The molecule has 0 heterocycles. The van der Waals surface area contributed by atoms with Gasteiger partial charge in [0.1, 0.15) is 12.6 Å². The van der Waals surface area contributed by atoms with Crippen LogP contribution in [0.4, 0.5) is 4.79 Å². The molecule has 0 aliphatic heterocycles. The van der Waals surface area contributed by atoms with Crippen LogP contribution in [0.5, 0.6) is 0 Å². The lowest BCUT2D eigenvalue weighted by Crippen LogP contribution is -2.42. The number of hydrogen-bond acceptors (Lipinski definition) is 4. The lowest BCUT2D eigenvalue weighted by molar-refractivity contribution is -0.139. The molecule has 0 spiro atoms. The summed E-state index contributed by atoms with van der Waals surface area (Å²) in [5.74, 6) is -1.65. The molecule has 0 bridgehead atoms. The van der Waals surface area contributed by atoms with Crippen LogP contribution in [0.1, 0.15) is 34.8 Å². The quantitative estimate of drug-likeness (QED) is 0.709. The maximum absolute atomic E-state index is 12.3. The van der Waals surface area contributed by atoms with Gasteiger partial charge in [0, 0.05) is 12.0 Å². The molecule has 1 unspecified atom stereocenters. The van der Waals surface area contributed by atoms with Crippen LogP contribution in [0.3, 0.4) is 0 Å². The number of ketones is 1.